The number of thiazole rings is 1. The molecule has 1 aromatic heterocycles. The smallest absolute Gasteiger partial charge is 0.307 e. The molecule has 6 nitrogen and oxygen atoms in total. The fraction of sp³-hybridized carbons (Fsp3) is 0.167. The highest BCUT2D eigenvalue weighted by Gasteiger charge is 2.37. The second-order valence-corrected chi connectivity index (χ2v) is 7.99. The lowest BCUT2D eigenvalue weighted by Crippen LogP contribution is -2.46. The fourth-order valence-corrected chi connectivity index (χ4v) is 4.51. The Morgan fingerprint density at radius 2 is 2.14 bits per heavy atom. The average Bonchev–Trinajstić information content (AvgIpc) is 3.02. The number of nitrogens with zero attached hydrogens (tertiary/aromatic N) is 2. The Hall–Kier alpha value is -2.42. The monoisotopic (exact) mass is 440 g/mol. The van der Waals surface area contributed by atoms with Crippen LogP contribution in [0.3, 0.4) is 0 Å². The maximum atomic E-state index is 14.2. The molecule has 0 fully saturated rings. The molecular formula is C18H11Cl2FN2O4S. The van der Waals surface area contributed by atoms with Gasteiger partial charge in [-0.1, -0.05) is 29.3 Å². The number of aromatic nitrogens is 1. The van der Waals surface area contributed by atoms with Crippen molar-refractivity contribution in [3.8, 4) is 5.75 Å². The van der Waals surface area contributed by atoms with Gasteiger partial charge in [0.15, 0.2) is 17.7 Å². The summed E-state index contributed by atoms with van der Waals surface area (Å²) < 4.78 is 20.3. The second kappa shape index (κ2) is 7.20. The molecule has 1 amide bonds. The van der Waals surface area contributed by atoms with Gasteiger partial charge in [-0.05, 0) is 24.3 Å². The van der Waals surface area contributed by atoms with Gasteiger partial charge < -0.3 is 9.84 Å². The van der Waals surface area contributed by atoms with E-state index in [2.05, 4.69) is 4.98 Å². The number of hydrogen-bond donors (Lipinski definition) is 1. The molecule has 28 heavy (non-hydrogen) atoms. The van der Waals surface area contributed by atoms with E-state index in [-0.39, 0.29) is 18.0 Å². The fourth-order valence-electron chi connectivity index (χ4n) is 2.97. The zero-order valence-electron chi connectivity index (χ0n) is 14.0. The molecule has 1 N–H and O–H groups in total. The molecular weight excluding hydrogens is 430 g/mol. The van der Waals surface area contributed by atoms with Gasteiger partial charge in [0.25, 0.3) is 5.91 Å². The number of benzene rings is 2. The number of carbonyl (C=O) groups excluding carboxylic acids is 1. The molecule has 2 aromatic carbocycles. The van der Waals surface area contributed by atoms with E-state index in [1.54, 1.807) is 12.1 Å². The number of halogens is 3. The highest BCUT2D eigenvalue weighted by atomic mass is 35.5. The van der Waals surface area contributed by atoms with Gasteiger partial charge in [0.1, 0.15) is 5.01 Å². The lowest BCUT2D eigenvalue weighted by molar-refractivity contribution is -0.142. The van der Waals surface area contributed by atoms with Gasteiger partial charge in [0.2, 0.25) is 0 Å². The minimum atomic E-state index is -1.32. The van der Waals surface area contributed by atoms with Crippen LogP contribution in [0.4, 0.5) is 10.1 Å². The number of aliphatic carboxylic acids is 1. The van der Waals surface area contributed by atoms with Gasteiger partial charge in [-0.3, -0.25) is 14.5 Å². The van der Waals surface area contributed by atoms with Crippen LogP contribution in [-0.4, -0.2) is 28.1 Å². The second-order valence-electron chi connectivity index (χ2n) is 6.06. The number of para-hydroxylation sites is 1. The predicted octanol–water partition coefficient (Wildman–Crippen LogP) is 4.51. The molecule has 4 rings (SSSR count). The van der Waals surface area contributed by atoms with Crippen LogP contribution in [0.25, 0.3) is 10.2 Å². The number of carboxylic acids is 1. The maximum absolute atomic E-state index is 14.2. The lowest BCUT2D eigenvalue weighted by atomic mass is 10.1. The first-order valence-electron chi connectivity index (χ1n) is 8.06. The molecule has 1 unspecified atom stereocenters. The van der Waals surface area contributed by atoms with E-state index in [9.17, 15) is 14.0 Å². The van der Waals surface area contributed by atoms with E-state index in [1.165, 1.54) is 34.4 Å². The summed E-state index contributed by atoms with van der Waals surface area (Å²) in [6.45, 7) is 0.0159. The zero-order valence-corrected chi connectivity index (χ0v) is 16.3. The summed E-state index contributed by atoms with van der Waals surface area (Å²) in [6.07, 6.45) is -1.90. The highest BCUT2D eigenvalue weighted by Crippen LogP contribution is 2.39. The summed E-state index contributed by atoms with van der Waals surface area (Å²) >= 11 is 13.5. The van der Waals surface area contributed by atoms with Gasteiger partial charge in [0, 0.05) is 5.02 Å². The van der Waals surface area contributed by atoms with Crippen molar-refractivity contribution < 1.29 is 23.8 Å². The summed E-state index contributed by atoms with van der Waals surface area (Å²) in [5.41, 5.74) is 0.801. The summed E-state index contributed by atoms with van der Waals surface area (Å²) in [7, 11) is 0. The van der Waals surface area contributed by atoms with Crippen molar-refractivity contribution in [3.63, 3.8) is 0 Å². The van der Waals surface area contributed by atoms with E-state index in [1.807, 2.05) is 0 Å². The minimum absolute atomic E-state index is 0.0159. The van der Waals surface area contributed by atoms with Crippen molar-refractivity contribution in [2.45, 2.75) is 19.1 Å². The summed E-state index contributed by atoms with van der Waals surface area (Å²) in [4.78, 5) is 29.6. The van der Waals surface area contributed by atoms with Crippen LogP contribution in [0, 0.1) is 5.82 Å². The van der Waals surface area contributed by atoms with Crippen LogP contribution >= 0.6 is 34.5 Å². The molecule has 144 valence electrons. The molecule has 1 atom stereocenters. The third kappa shape index (κ3) is 3.39. The highest BCUT2D eigenvalue weighted by molar-refractivity contribution is 7.19. The van der Waals surface area contributed by atoms with Gasteiger partial charge in [-0.15, -0.1) is 11.3 Å². The number of amides is 1. The number of rotatable bonds is 4. The van der Waals surface area contributed by atoms with Crippen molar-refractivity contribution in [2.24, 2.45) is 0 Å². The Balaban J connectivity index is 1.75. The van der Waals surface area contributed by atoms with Crippen molar-refractivity contribution in [3.05, 3.63) is 51.2 Å². The van der Waals surface area contributed by atoms with Gasteiger partial charge in [-0.2, -0.15) is 0 Å². The third-order valence-corrected chi connectivity index (χ3v) is 5.86. The first-order chi connectivity index (χ1) is 13.3. The molecule has 1 aliphatic rings. The number of carboxylic acid groups (broad SMARTS) is 1. The standard InChI is InChI=1S/C18H11Cl2FN2O4S/c19-8-4-9(20)17-11(5-8)22-14(28-17)7-23-12-3-1-2-10(21)16(12)27-13(18(23)26)6-15(24)25/h1-5,13H,6-7H2,(H,24,25). The average molecular weight is 441 g/mol. The van der Waals surface area contributed by atoms with E-state index in [0.717, 1.165) is 0 Å². The number of carbonyl (C=O) groups is 2. The van der Waals surface area contributed by atoms with Crippen LogP contribution in [0.2, 0.25) is 10.0 Å². The number of fused-ring (bicyclic) bond motifs is 2. The van der Waals surface area contributed by atoms with Crippen LogP contribution in [-0.2, 0) is 16.1 Å². The van der Waals surface area contributed by atoms with Crippen LogP contribution in [0.1, 0.15) is 11.4 Å². The van der Waals surface area contributed by atoms with Crippen molar-refractivity contribution in [1.29, 1.82) is 0 Å². The van der Waals surface area contributed by atoms with Gasteiger partial charge >= 0.3 is 5.97 Å². The van der Waals surface area contributed by atoms with Gasteiger partial charge in [-0.25, -0.2) is 9.37 Å². The SMILES string of the molecule is O=C(O)CC1Oc2c(F)cccc2N(Cc2nc3cc(Cl)cc(Cl)c3s2)C1=O. The first kappa shape index (κ1) is 18.9. The summed E-state index contributed by atoms with van der Waals surface area (Å²) in [5.74, 6) is -2.64. The Kier molecular flexibility index (Phi) is 4.86. The molecule has 0 spiro atoms. The van der Waals surface area contributed by atoms with E-state index in [4.69, 9.17) is 33.0 Å². The van der Waals surface area contributed by atoms with Crippen LogP contribution in [0.5, 0.6) is 5.75 Å². The molecule has 2 heterocycles. The minimum Gasteiger partial charge on any atom is -0.481 e. The zero-order chi connectivity index (χ0) is 20.0. The lowest BCUT2D eigenvalue weighted by Gasteiger charge is -2.33. The van der Waals surface area contributed by atoms with Crippen LogP contribution < -0.4 is 9.64 Å². The topological polar surface area (TPSA) is 79.7 Å². The number of hydrogen-bond acceptors (Lipinski definition) is 5. The van der Waals surface area contributed by atoms with Gasteiger partial charge in [0.05, 0.1) is 33.9 Å². The summed E-state index contributed by atoms with van der Waals surface area (Å²) in [5, 5.41) is 10.5. The number of ether oxygens (including phenoxy) is 1. The Labute approximate surface area is 172 Å². The first-order valence-corrected chi connectivity index (χ1v) is 9.63. The normalized spacial score (nSPS) is 16.2. The van der Waals surface area contributed by atoms with E-state index in [0.29, 0.717) is 25.3 Å². The van der Waals surface area contributed by atoms with Crippen molar-refractivity contribution in [1.82, 2.24) is 4.98 Å². The third-order valence-electron chi connectivity index (χ3n) is 4.15. The Morgan fingerprint density at radius 1 is 1.36 bits per heavy atom. The Bertz CT molecular complexity index is 1120. The van der Waals surface area contributed by atoms with Crippen LogP contribution in [0.15, 0.2) is 30.3 Å². The molecule has 1 aliphatic heterocycles. The van der Waals surface area contributed by atoms with Crippen molar-refractivity contribution in [2.75, 3.05) is 4.90 Å². The molecule has 10 heteroatoms. The molecule has 0 aliphatic carbocycles. The molecule has 0 saturated heterocycles. The number of anilines is 1. The van der Waals surface area contributed by atoms with E-state index < -0.39 is 30.2 Å². The molecule has 0 bridgehead atoms. The van der Waals surface area contributed by atoms with E-state index >= 15 is 0 Å². The molecule has 0 radical (unpaired) electrons. The summed E-state index contributed by atoms with van der Waals surface area (Å²) in [6, 6.07) is 7.42. The van der Waals surface area contributed by atoms with Crippen molar-refractivity contribution >= 4 is 62.3 Å². The predicted molar refractivity (Wildman–Crippen MR) is 104 cm³/mol. The molecule has 3 aromatic rings. The maximum Gasteiger partial charge on any atom is 0.307 e. The quantitative estimate of drug-likeness (QED) is 0.645. The molecule has 0 saturated carbocycles. The Morgan fingerprint density at radius 3 is 2.89 bits per heavy atom. The largest absolute Gasteiger partial charge is 0.481 e.